The Bertz CT molecular complexity index is 733. The fraction of sp³-hybridized carbons (Fsp3) is 0. The minimum atomic E-state index is 0.00985. The Hall–Kier alpha value is -1.77. The monoisotopic (exact) mass is 325 g/mol. The number of halogens is 2. The molecule has 2 aromatic heterocycles. The van der Waals surface area contributed by atoms with Crippen LogP contribution in [0.5, 0.6) is 0 Å². The summed E-state index contributed by atoms with van der Waals surface area (Å²) < 4.78 is 1.57. The zero-order chi connectivity index (χ0) is 13.9. The van der Waals surface area contributed by atoms with Crippen molar-refractivity contribution in [2.45, 2.75) is 10.2 Å². The van der Waals surface area contributed by atoms with Gasteiger partial charge in [0.1, 0.15) is 5.03 Å². The lowest BCUT2D eigenvalue weighted by molar-refractivity contribution is 0.755. The summed E-state index contributed by atoms with van der Waals surface area (Å²) in [5.74, 6) is 0. The molecular formula is C10H5Cl2N7S. The highest BCUT2D eigenvalue weighted by atomic mass is 35.5. The van der Waals surface area contributed by atoms with Crippen LogP contribution in [-0.4, -0.2) is 35.4 Å². The van der Waals surface area contributed by atoms with Crippen molar-refractivity contribution in [2.24, 2.45) is 0 Å². The van der Waals surface area contributed by atoms with Gasteiger partial charge in [0.15, 0.2) is 5.15 Å². The van der Waals surface area contributed by atoms with Crippen LogP contribution in [-0.2, 0) is 0 Å². The second-order valence-electron chi connectivity index (χ2n) is 3.49. The van der Waals surface area contributed by atoms with E-state index in [1.165, 1.54) is 0 Å². The molecule has 0 bridgehead atoms. The summed E-state index contributed by atoms with van der Waals surface area (Å²) in [6.45, 7) is 0. The highest BCUT2D eigenvalue weighted by Gasteiger charge is 2.14. The summed E-state index contributed by atoms with van der Waals surface area (Å²) in [5, 5.41) is 19.8. The molecule has 1 aromatic carbocycles. The van der Waals surface area contributed by atoms with E-state index in [9.17, 15) is 0 Å². The molecule has 2 heterocycles. The smallest absolute Gasteiger partial charge is 0.206 e. The first-order valence-corrected chi connectivity index (χ1v) is 6.88. The van der Waals surface area contributed by atoms with Gasteiger partial charge in [-0.3, -0.25) is 0 Å². The Labute approximate surface area is 127 Å². The number of aromatic nitrogens is 7. The van der Waals surface area contributed by atoms with E-state index in [2.05, 4.69) is 30.7 Å². The Balaban J connectivity index is 1.97. The Kier molecular flexibility index (Phi) is 3.77. The van der Waals surface area contributed by atoms with Crippen molar-refractivity contribution in [3.05, 3.63) is 40.8 Å². The largest absolute Gasteiger partial charge is 0.244 e. The first-order valence-electron chi connectivity index (χ1n) is 5.31. The van der Waals surface area contributed by atoms with Crippen LogP contribution in [0.1, 0.15) is 0 Å². The average molecular weight is 326 g/mol. The third-order valence-corrected chi connectivity index (χ3v) is 3.66. The lowest BCUT2D eigenvalue weighted by Gasteiger charge is -2.03. The number of hydrogen-bond donors (Lipinski definition) is 0. The van der Waals surface area contributed by atoms with Gasteiger partial charge >= 0.3 is 0 Å². The van der Waals surface area contributed by atoms with E-state index in [1.807, 2.05) is 30.3 Å². The molecule has 0 spiro atoms. The second-order valence-corrected chi connectivity index (χ2v) is 5.14. The molecule has 0 unspecified atom stereocenters. The Morgan fingerprint density at radius 3 is 2.60 bits per heavy atom. The number of rotatable bonds is 3. The first-order chi connectivity index (χ1) is 9.74. The van der Waals surface area contributed by atoms with Gasteiger partial charge in [0.2, 0.25) is 10.4 Å². The molecule has 0 aliphatic rings. The maximum Gasteiger partial charge on any atom is 0.244 e. The second kappa shape index (κ2) is 5.70. The van der Waals surface area contributed by atoms with Crippen molar-refractivity contribution in [3.63, 3.8) is 0 Å². The molecule has 0 fully saturated rings. The van der Waals surface area contributed by atoms with Crippen LogP contribution >= 0.6 is 35.0 Å². The maximum absolute atomic E-state index is 5.92. The quantitative estimate of drug-likeness (QED) is 0.730. The van der Waals surface area contributed by atoms with Gasteiger partial charge in [0, 0.05) is 0 Å². The van der Waals surface area contributed by atoms with E-state index in [0.29, 0.717) is 10.2 Å². The van der Waals surface area contributed by atoms with Crippen LogP contribution < -0.4 is 0 Å². The van der Waals surface area contributed by atoms with Crippen LogP contribution in [0.3, 0.4) is 0 Å². The van der Waals surface area contributed by atoms with Crippen LogP contribution in [0.25, 0.3) is 5.69 Å². The third-order valence-electron chi connectivity index (χ3n) is 2.22. The molecule has 0 saturated heterocycles. The summed E-state index contributed by atoms with van der Waals surface area (Å²) in [7, 11) is 0. The Morgan fingerprint density at radius 1 is 1.00 bits per heavy atom. The fourth-order valence-corrected chi connectivity index (χ4v) is 2.51. The van der Waals surface area contributed by atoms with E-state index in [1.54, 1.807) is 4.68 Å². The zero-order valence-corrected chi connectivity index (χ0v) is 12.0. The summed E-state index contributed by atoms with van der Waals surface area (Å²) in [5.41, 5.74) is 0.823. The summed E-state index contributed by atoms with van der Waals surface area (Å²) >= 11 is 12.8. The minimum Gasteiger partial charge on any atom is -0.206 e. The van der Waals surface area contributed by atoms with E-state index < -0.39 is 0 Å². The van der Waals surface area contributed by atoms with Crippen LogP contribution in [0.15, 0.2) is 40.5 Å². The predicted octanol–water partition coefficient (Wildman–Crippen LogP) is 2.31. The van der Waals surface area contributed by atoms with Gasteiger partial charge in [-0.05, 0) is 45.9 Å². The van der Waals surface area contributed by atoms with Gasteiger partial charge in [-0.1, -0.05) is 29.8 Å². The van der Waals surface area contributed by atoms with Gasteiger partial charge in [-0.15, -0.1) is 15.3 Å². The fourth-order valence-electron chi connectivity index (χ4n) is 1.41. The highest BCUT2D eigenvalue weighted by molar-refractivity contribution is 7.99. The van der Waals surface area contributed by atoms with E-state index >= 15 is 0 Å². The molecule has 100 valence electrons. The van der Waals surface area contributed by atoms with Crippen molar-refractivity contribution in [3.8, 4) is 5.69 Å². The van der Waals surface area contributed by atoms with Crippen molar-refractivity contribution in [1.29, 1.82) is 0 Å². The first kappa shape index (κ1) is 13.2. The molecule has 7 nitrogen and oxygen atoms in total. The van der Waals surface area contributed by atoms with E-state index in [-0.39, 0.29) is 10.4 Å². The predicted molar refractivity (Wildman–Crippen MR) is 73.1 cm³/mol. The van der Waals surface area contributed by atoms with E-state index in [0.717, 1.165) is 17.4 Å². The number of tetrazole rings is 1. The summed E-state index contributed by atoms with van der Waals surface area (Å²) in [6, 6.07) is 9.45. The third kappa shape index (κ3) is 2.72. The molecular weight excluding hydrogens is 321 g/mol. The molecule has 0 amide bonds. The molecule has 20 heavy (non-hydrogen) atoms. The van der Waals surface area contributed by atoms with Crippen molar-refractivity contribution in [1.82, 2.24) is 35.4 Å². The average Bonchev–Trinajstić information content (AvgIpc) is 2.92. The number of benzene rings is 1. The molecule has 0 atom stereocenters. The number of nitrogens with zero attached hydrogens (tertiary/aromatic N) is 7. The molecule has 0 aliphatic heterocycles. The summed E-state index contributed by atoms with van der Waals surface area (Å²) in [6.07, 6.45) is 0. The zero-order valence-electron chi connectivity index (χ0n) is 9.68. The van der Waals surface area contributed by atoms with Gasteiger partial charge in [0.25, 0.3) is 0 Å². The van der Waals surface area contributed by atoms with Crippen molar-refractivity contribution >= 4 is 35.0 Å². The normalized spacial score (nSPS) is 10.7. The molecule has 3 aromatic rings. The maximum atomic E-state index is 5.92. The molecule has 0 radical (unpaired) electrons. The lowest BCUT2D eigenvalue weighted by Crippen LogP contribution is -1.99. The standard InChI is InChI=1S/C10H5Cl2N7S/c11-7-8(13-9(12)15-14-7)20-10-16-17-18-19(10)6-4-2-1-3-5-6/h1-5H. The molecule has 10 heteroatoms. The Morgan fingerprint density at radius 2 is 1.80 bits per heavy atom. The van der Waals surface area contributed by atoms with Crippen molar-refractivity contribution < 1.29 is 0 Å². The topological polar surface area (TPSA) is 82.3 Å². The molecule has 0 aliphatic carbocycles. The molecule has 0 saturated carbocycles. The number of hydrogen-bond acceptors (Lipinski definition) is 7. The van der Waals surface area contributed by atoms with Gasteiger partial charge in [-0.2, -0.15) is 4.68 Å². The summed E-state index contributed by atoms with van der Waals surface area (Å²) in [4.78, 5) is 4.00. The van der Waals surface area contributed by atoms with Crippen LogP contribution in [0, 0.1) is 0 Å². The van der Waals surface area contributed by atoms with Crippen molar-refractivity contribution in [2.75, 3.05) is 0 Å². The van der Waals surface area contributed by atoms with Gasteiger partial charge in [-0.25, -0.2) is 4.98 Å². The van der Waals surface area contributed by atoms with Crippen LogP contribution in [0.4, 0.5) is 0 Å². The van der Waals surface area contributed by atoms with Gasteiger partial charge in [0.05, 0.1) is 5.69 Å². The minimum absolute atomic E-state index is 0.00985. The molecule has 3 rings (SSSR count). The van der Waals surface area contributed by atoms with Gasteiger partial charge < -0.3 is 0 Å². The number of para-hydroxylation sites is 1. The SMILES string of the molecule is Clc1nnc(Cl)c(Sc2nnnn2-c2ccccc2)n1. The van der Waals surface area contributed by atoms with E-state index in [4.69, 9.17) is 23.2 Å². The van der Waals surface area contributed by atoms with Crippen LogP contribution in [0.2, 0.25) is 10.4 Å². The molecule has 0 N–H and O–H groups in total. The lowest BCUT2D eigenvalue weighted by atomic mass is 10.3. The highest BCUT2D eigenvalue weighted by Crippen LogP contribution is 2.29.